The van der Waals surface area contributed by atoms with Crippen molar-refractivity contribution in [1.82, 2.24) is 15.0 Å². The lowest BCUT2D eigenvalue weighted by molar-refractivity contribution is 0.498. The summed E-state index contributed by atoms with van der Waals surface area (Å²) in [4.78, 5) is 3.16. The molecule has 104 valence electrons. The monoisotopic (exact) mass is 283 g/mol. The zero-order valence-corrected chi connectivity index (χ0v) is 11.5. The lowest BCUT2D eigenvalue weighted by Crippen LogP contribution is -2.22. The van der Waals surface area contributed by atoms with Gasteiger partial charge in [-0.15, -0.1) is 0 Å². The van der Waals surface area contributed by atoms with Crippen LogP contribution in [0.2, 0.25) is 0 Å². The number of H-pyrrole nitrogens is 1. The Kier molecular flexibility index (Phi) is 4.41. The van der Waals surface area contributed by atoms with Crippen LogP contribution in [0.25, 0.3) is 0 Å². The first-order valence-electron chi connectivity index (χ1n) is 6.02. The molecule has 0 atom stereocenters. The molecule has 0 saturated carbocycles. The van der Waals surface area contributed by atoms with Crippen molar-refractivity contribution >= 4 is 10.0 Å². The van der Waals surface area contributed by atoms with E-state index in [-0.39, 0.29) is 11.4 Å². The van der Waals surface area contributed by atoms with E-state index in [1.807, 2.05) is 6.92 Å². The second-order valence-corrected chi connectivity index (χ2v) is 5.81. The van der Waals surface area contributed by atoms with E-state index in [4.69, 9.17) is 4.42 Å². The molecule has 2 rings (SSSR count). The van der Waals surface area contributed by atoms with Crippen molar-refractivity contribution < 1.29 is 12.8 Å². The normalized spacial score (nSPS) is 11.8. The molecule has 3 N–H and O–H groups in total. The van der Waals surface area contributed by atoms with Crippen molar-refractivity contribution in [3.63, 3.8) is 0 Å². The van der Waals surface area contributed by atoms with Crippen LogP contribution in [0.1, 0.15) is 18.4 Å². The molecule has 0 radical (unpaired) electrons. The highest BCUT2D eigenvalue weighted by atomic mass is 32.2. The van der Waals surface area contributed by atoms with Gasteiger partial charge in [0.15, 0.2) is 0 Å². The molecule has 0 aliphatic rings. The molecule has 0 aromatic carbocycles. The summed E-state index contributed by atoms with van der Waals surface area (Å²) in [5.41, 5.74) is 0.834. The molecule has 0 aliphatic carbocycles. The molecule has 19 heavy (non-hydrogen) atoms. The fourth-order valence-corrected chi connectivity index (χ4v) is 2.61. The number of rotatable bonds is 7. The van der Waals surface area contributed by atoms with Gasteiger partial charge in [0.1, 0.15) is 5.76 Å². The lowest BCUT2D eigenvalue weighted by atomic mass is 10.4. The summed E-state index contributed by atoms with van der Waals surface area (Å²) in [6.45, 7) is 3.58. The van der Waals surface area contributed by atoms with Crippen LogP contribution in [0.5, 0.6) is 0 Å². The van der Waals surface area contributed by atoms with E-state index in [9.17, 15) is 8.42 Å². The number of nitrogens with one attached hydrogen (secondary N) is 3. The highest BCUT2D eigenvalue weighted by Gasteiger charge is 2.16. The van der Waals surface area contributed by atoms with Crippen molar-refractivity contribution in [2.24, 2.45) is 0 Å². The molecule has 0 bridgehead atoms. The Morgan fingerprint density at radius 2 is 2.21 bits per heavy atom. The summed E-state index contributed by atoms with van der Waals surface area (Å²) < 4.78 is 31.6. The third-order valence-electron chi connectivity index (χ3n) is 2.61. The van der Waals surface area contributed by atoms with Gasteiger partial charge in [-0.2, -0.15) is 0 Å². The highest BCUT2D eigenvalue weighted by molar-refractivity contribution is 7.89. The summed E-state index contributed by atoms with van der Waals surface area (Å²) in [5, 5.41) is 3.12. The Morgan fingerprint density at radius 3 is 2.89 bits per heavy atom. The second-order valence-electron chi connectivity index (χ2n) is 4.04. The Morgan fingerprint density at radius 1 is 1.37 bits per heavy atom. The number of hydrogen-bond acceptors (Lipinski definition) is 4. The van der Waals surface area contributed by atoms with Crippen molar-refractivity contribution in [3.8, 4) is 0 Å². The summed E-state index contributed by atoms with van der Waals surface area (Å²) in [6.07, 6.45) is 2.99. The van der Waals surface area contributed by atoms with Crippen LogP contribution in [0, 0.1) is 0 Å². The molecule has 6 nitrogen and oxygen atoms in total. The zero-order valence-electron chi connectivity index (χ0n) is 10.6. The summed E-state index contributed by atoms with van der Waals surface area (Å²) >= 11 is 0. The average molecular weight is 283 g/mol. The zero-order chi connectivity index (χ0) is 13.7. The fourth-order valence-electron chi connectivity index (χ4n) is 1.60. The van der Waals surface area contributed by atoms with Crippen LogP contribution in [0.4, 0.5) is 0 Å². The first-order valence-corrected chi connectivity index (χ1v) is 7.50. The molecule has 2 aromatic rings. The molecule has 0 saturated heterocycles. The van der Waals surface area contributed by atoms with E-state index in [2.05, 4.69) is 15.0 Å². The van der Waals surface area contributed by atoms with Crippen molar-refractivity contribution in [2.45, 2.75) is 24.9 Å². The van der Waals surface area contributed by atoms with Crippen LogP contribution in [-0.2, 0) is 23.1 Å². The third-order valence-corrected chi connectivity index (χ3v) is 3.99. The van der Waals surface area contributed by atoms with Gasteiger partial charge in [0.05, 0.1) is 17.7 Å². The second kappa shape index (κ2) is 6.05. The average Bonchev–Trinajstić information content (AvgIpc) is 3.05. The van der Waals surface area contributed by atoms with Crippen molar-refractivity contribution in [2.75, 3.05) is 6.54 Å². The van der Waals surface area contributed by atoms with Gasteiger partial charge in [0.2, 0.25) is 10.0 Å². The lowest BCUT2D eigenvalue weighted by Gasteiger charge is -2.02. The van der Waals surface area contributed by atoms with E-state index >= 15 is 0 Å². The minimum Gasteiger partial charge on any atom is -0.468 e. The quantitative estimate of drug-likeness (QED) is 0.712. The van der Waals surface area contributed by atoms with Crippen molar-refractivity contribution in [3.05, 3.63) is 42.1 Å². The molecular weight excluding hydrogens is 266 g/mol. The largest absolute Gasteiger partial charge is 0.468 e. The van der Waals surface area contributed by atoms with Crippen LogP contribution < -0.4 is 10.0 Å². The molecule has 2 aromatic heterocycles. The standard InChI is InChI=1S/C12H17N3O3S/c1-2-13-7-10-6-12(9-14-10)19(16,17)15-8-11-4-3-5-18-11/h3-6,9,13-15H,2,7-8H2,1H3. The number of aromatic amines is 1. The van der Waals surface area contributed by atoms with E-state index in [1.54, 1.807) is 18.2 Å². The molecule has 0 unspecified atom stereocenters. The summed E-state index contributed by atoms with van der Waals surface area (Å²) in [5.74, 6) is 0.576. The smallest absolute Gasteiger partial charge is 0.242 e. The van der Waals surface area contributed by atoms with Crippen LogP contribution in [0.3, 0.4) is 0 Å². The Labute approximate surface area is 112 Å². The molecular formula is C12H17N3O3S. The van der Waals surface area contributed by atoms with E-state index in [0.717, 1.165) is 12.2 Å². The molecule has 0 spiro atoms. The molecule has 2 heterocycles. The Bertz CT molecular complexity index is 602. The van der Waals surface area contributed by atoms with Gasteiger partial charge in [-0.1, -0.05) is 6.92 Å². The molecule has 0 fully saturated rings. The van der Waals surface area contributed by atoms with Gasteiger partial charge in [-0.25, -0.2) is 13.1 Å². The Hall–Kier alpha value is -1.57. The molecule has 0 amide bonds. The van der Waals surface area contributed by atoms with E-state index in [0.29, 0.717) is 12.3 Å². The van der Waals surface area contributed by atoms with E-state index in [1.165, 1.54) is 12.5 Å². The number of aromatic nitrogens is 1. The predicted molar refractivity (Wildman–Crippen MR) is 70.9 cm³/mol. The van der Waals surface area contributed by atoms with Crippen LogP contribution >= 0.6 is 0 Å². The maximum absolute atomic E-state index is 12.0. The number of furan rings is 1. The molecule has 0 aliphatic heterocycles. The van der Waals surface area contributed by atoms with Gasteiger partial charge in [-0.05, 0) is 24.7 Å². The van der Waals surface area contributed by atoms with E-state index < -0.39 is 10.0 Å². The number of hydrogen-bond donors (Lipinski definition) is 3. The van der Waals surface area contributed by atoms with Gasteiger partial charge < -0.3 is 14.7 Å². The van der Waals surface area contributed by atoms with Gasteiger partial charge >= 0.3 is 0 Å². The highest BCUT2D eigenvalue weighted by Crippen LogP contribution is 2.11. The first-order chi connectivity index (χ1) is 9.12. The maximum Gasteiger partial charge on any atom is 0.242 e. The van der Waals surface area contributed by atoms with Crippen LogP contribution in [0.15, 0.2) is 40.0 Å². The summed E-state index contributed by atoms with van der Waals surface area (Å²) in [6, 6.07) is 5.05. The minimum absolute atomic E-state index is 0.142. The van der Waals surface area contributed by atoms with Crippen LogP contribution in [-0.4, -0.2) is 19.9 Å². The predicted octanol–water partition coefficient (Wildman–Crippen LogP) is 1.20. The molecule has 7 heteroatoms. The SMILES string of the molecule is CCNCc1cc(S(=O)(=O)NCc2ccco2)c[nH]1. The minimum atomic E-state index is -3.51. The summed E-state index contributed by atoms with van der Waals surface area (Å²) in [7, 11) is -3.51. The first kappa shape index (κ1) is 13.9. The number of sulfonamides is 1. The maximum atomic E-state index is 12.0. The Balaban J connectivity index is 2.00. The third kappa shape index (κ3) is 3.69. The van der Waals surface area contributed by atoms with Gasteiger partial charge in [-0.3, -0.25) is 0 Å². The topological polar surface area (TPSA) is 87.1 Å². The van der Waals surface area contributed by atoms with Gasteiger partial charge in [0, 0.05) is 18.4 Å². The van der Waals surface area contributed by atoms with Crippen molar-refractivity contribution in [1.29, 1.82) is 0 Å². The fraction of sp³-hybridized carbons (Fsp3) is 0.333. The van der Waals surface area contributed by atoms with Gasteiger partial charge in [0.25, 0.3) is 0 Å².